The first-order chi connectivity index (χ1) is 9.50. The fourth-order valence-electron chi connectivity index (χ4n) is 1.65. The molecule has 0 aliphatic carbocycles. The average molecular weight is 302 g/mol. The number of benzene rings is 1. The van der Waals surface area contributed by atoms with Crippen LogP contribution in [0.3, 0.4) is 0 Å². The van der Waals surface area contributed by atoms with Gasteiger partial charge in [0.05, 0.1) is 0 Å². The molecule has 0 saturated carbocycles. The predicted molar refractivity (Wildman–Crippen MR) is 88.6 cm³/mol. The summed E-state index contributed by atoms with van der Waals surface area (Å²) in [6.45, 7) is 8.58. The Bertz CT molecular complexity index is 626. The van der Waals surface area contributed by atoms with Gasteiger partial charge in [0, 0.05) is 5.56 Å². The molecule has 0 bridgehead atoms. The van der Waals surface area contributed by atoms with Crippen LogP contribution in [0.1, 0.15) is 33.3 Å². The van der Waals surface area contributed by atoms with Gasteiger partial charge < -0.3 is 20.4 Å². The van der Waals surface area contributed by atoms with Gasteiger partial charge in [-0.15, -0.1) is 6.42 Å². The summed E-state index contributed by atoms with van der Waals surface area (Å²) in [5.74, 6) is 13.8. The second-order valence-corrected chi connectivity index (χ2v) is 5.06. The van der Waals surface area contributed by atoms with Crippen molar-refractivity contribution in [3.05, 3.63) is 23.8 Å². The summed E-state index contributed by atoms with van der Waals surface area (Å²) in [7, 11) is 0. The van der Waals surface area contributed by atoms with E-state index in [4.69, 9.17) is 15.9 Å². The minimum absolute atomic E-state index is 0. The van der Waals surface area contributed by atoms with Gasteiger partial charge in [-0.2, -0.15) is 0 Å². The molecule has 0 saturated heterocycles. The van der Waals surface area contributed by atoms with Gasteiger partial charge in [-0.3, -0.25) is 0 Å². The predicted octanol–water partition coefficient (Wildman–Crippen LogP) is 1.71. The van der Waals surface area contributed by atoms with Crippen molar-refractivity contribution >= 4 is 0 Å². The zero-order valence-electron chi connectivity index (χ0n) is 13.3. The molecule has 0 atom stereocenters. The van der Waals surface area contributed by atoms with E-state index in [1.165, 1.54) is 5.56 Å². The van der Waals surface area contributed by atoms with Gasteiger partial charge >= 0.3 is 0 Å². The van der Waals surface area contributed by atoms with Crippen LogP contribution in [0.15, 0.2) is 18.2 Å². The van der Waals surface area contributed by atoms with Gasteiger partial charge in [0.2, 0.25) is 6.79 Å². The van der Waals surface area contributed by atoms with E-state index in [2.05, 4.69) is 56.4 Å². The third kappa shape index (κ3) is 6.25. The maximum absolute atomic E-state index is 5.43. The fourth-order valence-corrected chi connectivity index (χ4v) is 1.65. The third-order valence-corrected chi connectivity index (χ3v) is 2.53. The van der Waals surface area contributed by atoms with Crippen molar-refractivity contribution in [3.63, 3.8) is 0 Å². The highest BCUT2D eigenvalue weighted by atomic mass is 16.7. The van der Waals surface area contributed by atoms with Crippen LogP contribution in [0, 0.1) is 36.0 Å². The van der Waals surface area contributed by atoms with E-state index < -0.39 is 0 Å². The number of terminal acetylenes is 1. The lowest BCUT2D eigenvalue weighted by molar-refractivity contribution is 0.172. The molecule has 4 heteroatoms. The molecule has 1 aliphatic rings. The van der Waals surface area contributed by atoms with E-state index in [1.807, 2.05) is 12.1 Å². The van der Waals surface area contributed by atoms with E-state index in [9.17, 15) is 0 Å². The molecule has 0 aromatic heterocycles. The topological polar surface area (TPSA) is 81.5 Å². The van der Waals surface area contributed by atoms with Gasteiger partial charge in [-0.05, 0) is 42.1 Å². The molecule has 4 nitrogen and oxygen atoms in total. The normalized spacial score (nSPS) is 9.77. The average Bonchev–Trinajstić information content (AvgIpc) is 2.87. The molecular formula is C18H22O4. The molecule has 2 rings (SSSR count). The minimum atomic E-state index is 0. The largest absolute Gasteiger partial charge is 0.454 e. The molecule has 1 aliphatic heterocycles. The molecule has 1 heterocycles. The van der Waals surface area contributed by atoms with Crippen LogP contribution in [0.2, 0.25) is 0 Å². The van der Waals surface area contributed by atoms with Crippen LogP contribution < -0.4 is 9.47 Å². The highest BCUT2D eigenvalue weighted by Gasteiger charge is 2.24. The highest BCUT2D eigenvalue weighted by molar-refractivity contribution is 5.50. The van der Waals surface area contributed by atoms with Crippen molar-refractivity contribution in [2.45, 2.75) is 33.1 Å². The smallest absolute Gasteiger partial charge is 0.231 e. The SMILES string of the molecule is C#CC#CC#CC.CC(C)(C)c1cccc2c1OCO2.O.O. The van der Waals surface area contributed by atoms with Gasteiger partial charge in [0.1, 0.15) is 0 Å². The highest BCUT2D eigenvalue weighted by Crippen LogP contribution is 2.40. The van der Waals surface area contributed by atoms with Crippen molar-refractivity contribution in [3.8, 4) is 47.5 Å². The monoisotopic (exact) mass is 302 g/mol. The Labute approximate surface area is 132 Å². The summed E-state index contributed by atoms with van der Waals surface area (Å²) in [4.78, 5) is 0. The van der Waals surface area contributed by atoms with Crippen molar-refractivity contribution < 1.29 is 20.4 Å². The summed E-state index contributed by atoms with van der Waals surface area (Å²) in [5.41, 5.74) is 1.32. The van der Waals surface area contributed by atoms with E-state index in [0.717, 1.165) is 11.5 Å². The number of hydrogen-bond acceptors (Lipinski definition) is 2. The van der Waals surface area contributed by atoms with E-state index in [-0.39, 0.29) is 16.4 Å². The molecule has 1 aromatic rings. The molecule has 4 N–H and O–H groups in total. The summed E-state index contributed by atoms with van der Waals surface area (Å²) in [6.07, 6.45) is 4.78. The van der Waals surface area contributed by atoms with Crippen LogP contribution in [0.25, 0.3) is 0 Å². The van der Waals surface area contributed by atoms with Gasteiger partial charge in [0.15, 0.2) is 11.5 Å². The molecule has 0 fully saturated rings. The second-order valence-electron chi connectivity index (χ2n) is 5.06. The van der Waals surface area contributed by atoms with Crippen molar-refractivity contribution in [1.29, 1.82) is 0 Å². The lowest BCUT2D eigenvalue weighted by atomic mass is 9.86. The van der Waals surface area contributed by atoms with Gasteiger partial charge in [-0.1, -0.05) is 38.8 Å². The number of ether oxygens (including phenoxy) is 2. The number of hydrogen-bond donors (Lipinski definition) is 0. The van der Waals surface area contributed by atoms with Crippen molar-refractivity contribution in [1.82, 2.24) is 0 Å². The standard InChI is InChI=1S/C11H14O2.C7H4.2H2O/c1-11(2,3)8-5-4-6-9-10(8)13-7-12-9;1-3-5-7-6-4-2;;/h4-6H,7H2,1-3H3;1H,2H3;2*1H2. The Morgan fingerprint density at radius 3 is 2.27 bits per heavy atom. The van der Waals surface area contributed by atoms with Crippen LogP contribution >= 0.6 is 0 Å². The Morgan fingerprint density at radius 2 is 1.73 bits per heavy atom. The molecule has 0 spiro atoms. The second kappa shape index (κ2) is 10.2. The van der Waals surface area contributed by atoms with Gasteiger partial charge in [0.25, 0.3) is 0 Å². The Balaban J connectivity index is 0. The maximum atomic E-state index is 5.43. The zero-order chi connectivity index (χ0) is 15.0. The molecule has 118 valence electrons. The molecule has 0 radical (unpaired) electrons. The molecule has 0 amide bonds. The third-order valence-electron chi connectivity index (χ3n) is 2.53. The first-order valence-electron chi connectivity index (χ1n) is 6.27. The summed E-state index contributed by atoms with van der Waals surface area (Å²) >= 11 is 0. The maximum Gasteiger partial charge on any atom is 0.231 e. The Kier molecular flexibility index (Phi) is 10.1. The summed E-state index contributed by atoms with van der Waals surface area (Å²) in [5, 5.41) is 0. The molecule has 22 heavy (non-hydrogen) atoms. The number of fused-ring (bicyclic) bond motifs is 1. The van der Waals surface area contributed by atoms with E-state index in [1.54, 1.807) is 6.92 Å². The van der Waals surface area contributed by atoms with Crippen molar-refractivity contribution in [2.75, 3.05) is 6.79 Å². The number of para-hydroxylation sites is 1. The first kappa shape index (κ1) is 21.7. The van der Waals surface area contributed by atoms with Crippen LogP contribution in [-0.4, -0.2) is 17.7 Å². The van der Waals surface area contributed by atoms with Crippen molar-refractivity contribution in [2.24, 2.45) is 0 Å². The first-order valence-corrected chi connectivity index (χ1v) is 6.27. The van der Waals surface area contributed by atoms with Crippen LogP contribution in [-0.2, 0) is 5.41 Å². The zero-order valence-corrected chi connectivity index (χ0v) is 13.3. The van der Waals surface area contributed by atoms with Gasteiger partial charge in [-0.25, -0.2) is 0 Å². The minimum Gasteiger partial charge on any atom is -0.454 e. The van der Waals surface area contributed by atoms with Crippen LogP contribution in [0.5, 0.6) is 11.5 Å². The van der Waals surface area contributed by atoms with E-state index >= 15 is 0 Å². The Hall–Kier alpha value is -2.58. The van der Waals surface area contributed by atoms with Crippen LogP contribution in [0.4, 0.5) is 0 Å². The molecular weight excluding hydrogens is 280 g/mol. The lowest BCUT2D eigenvalue weighted by Crippen LogP contribution is -2.11. The lowest BCUT2D eigenvalue weighted by Gasteiger charge is -2.20. The quantitative estimate of drug-likeness (QED) is 0.684. The van der Waals surface area contributed by atoms with E-state index in [0.29, 0.717) is 6.79 Å². The number of rotatable bonds is 0. The molecule has 1 aromatic carbocycles. The summed E-state index contributed by atoms with van der Waals surface area (Å²) < 4.78 is 10.7. The summed E-state index contributed by atoms with van der Waals surface area (Å²) in [6, 6.07) is 6.04. The fraction of sp³-hybridized carbons (Fsp3) is 0.333. The Morgan fingerprint density at radius 1 is 1.05 bits per heavy atom. The molecule has 0 unspecified atom stereocenters.